The molecule has 0 aliphatic heterocycles. The minimum absolute atomic E-state index is 0.00298. The van der Waals surface area contributed by atoms with Crippen LogP contribution in [0.1, 0.15) is 92.9 Å². The van der Waals surface area contributed by atoms with E-state index < -0.39 is 0 Å². The van der Waals surface area contributed by atoms with Gasteiger partial charge in [0.05, 0.1) is 12.8 Å². The highest BCUT2D eigenvalue weighted by molar-refractivity contribution is 5.77. The maximum absolute atomic E-state index is 12.4. The standard InChI is InChI=1S/C24H42O4/c1-15(2)19-9-7-17(5)13-21(19)27-23(25)11-12-24(26)28-22-14-18(6)8-10-20(22)16(3)4/h15-22H,7-14H2,1-6H3/t17-,18-,19+,20+,21-,22-/m1/s1. The minimum atomic E-state index is -0.251. The smallest absolute Gasteiger partial charge is 0.306 e. The van der Waals surface area contributed by atoms with Gasteiger partial charge in [-0.3, -0.25) is 9.59 Å². The summed E-state index contributed by atoms with van der Waals surface area (Å²) < 4.78 is 11.6. The van der Waals surface area contributed by atoms with E-state index in [4.69, 9.17) is 9.47 Å². The maximum Gasteiger partial charge on any atom is 0.306 e. The van der Waals surface area contributed by atoms with Crippen molar-refractivity contribution in [3.8, 4) is 0 Å². The fraction of sp³-hybridized carbons (Fsp3) is 0.917. The lowest BCUT2D eigenvalue weighted by molar-refractivity contribution is -0.163. The molecule has 0 aromatic heterocycles. The lowest BCUT2D eigenvalue weighted by Crippen LogP contribution is -2.36. The van der Waals surface area contributed by atoms with Crippen LogP contribution in [0.25, 0.3) is 0 Å². The van der Waals surface area contributed by atoms with E-state index in [0.29, 0.717) is 35.5 Å². The molecule has 2 rings (SSSR count). The van der Waals surface area contributed by atoms with E-state index in [1.807, 2.05) is 0 Å². The number of esters is 2. The van der Waals surface area contributed by atoms with Crippen LogP contribution in [0.5, 0.6) is 0 Å². The van der Waals surface area contributed by atoms with Gasteiger partial charge in [0.25, 0.3) is 0 Å². The Kier molecular flexibility index (Phi) is 8.82. The maximum atomic E-state index is 12.4. The summed E-state index contributed by atoms with van der Waals surface area (Å²) in [6, 6.07) is 0. The molecule has 28 heavy (non-hydrogen) atoms. The predicted octanol–water partition coefficient (Wildman–Crippen LogP) is 5.77. The topological polar surface area (TPSA) is 52.6 Å². The number of rotatable bonds is 7. The van der Waals surface area contributed by atoms with Crippen LogP contribution in [-0.4, -0.2) is 24.1 Å². The van der Waals surface area contributed by atoms with Gasteiger partial charge in [-0.1, -0.05) is 54.4 Å². The molecule has 0 radical (unpaired) electrons. The molecule has 4 nitrogen and oxygen atoms in total. The third kappa shape index (κ3) is 6.77. The molecule has 2 fully saturated rings. The molecule has 2 aliphatic rings. The van der Waals surface area contributed by atoms with Crippen LogP contribution in [0.4, 0.5) is 0 Å². The largest absolute Gasteiger partial charge is 0.462 e. The summed E-state index contributed by atoms with van der Waals surface area (Å²) in [6.45, 7) is 13.3. The Morgan fingerprint density at radius 2 is 1.07 bits per heavy atom. The molecule has 0 heterocycles. The van der Waals surface area contributed by atoms with Gasteiger partial charge in [-0.25, -0.2) is 0 Å². The summed E-state index contributed by atoms with van der Waals surface area (Å²) in [5, 5.41) is 0. The number of hydrogen-bond acceptors (Lipinski definition) is 4. The van der Waals surface area contributed by atoms with Crippen LogP contribution in [0.2, 0.25) is 0 Å². The highest BCUT2D eigenvalue weighted by Crippen LogP contribution is 2.36. The Balaban J connectivity index is 1.80. The van der Waals surface area contributed by atoms with E-state index in [2.05, 4.69) is 41.5 Å². The number of ether oxygens (including phenoxy) is 2. The van der Waals surface area contributed by atoms with Crippen molar-refractivity contribution in [1.29, 1.82) is 0 Å². The van der Waals surface area contributed by atoms with Crippen LogP contribution in [0.15, 0.2) is 0 Å². The number of hydrogen-bond donors (Lipinski definition) is 0. The van der Waals surface area contributed by atoms with Crippen LogP contribution in [0.3, 0.4) is 0 Å². The molecule has 0 spiro atoms. The summed E-state index contributed by atoms with van der Waals surface area (Å²) in [5.74, 6) is 2.58. The fourth-order valence-electron chi connectivity index (χ4n) is 5.16. The number of carbonyl (C=O) groups excluding carboxylic acids is 2. The Hall–Kier alpha value is -1.06. The average Bonchev–Trinajstić information content (AvgIpc) is 2.59. The van der Waals surface area contributed by atoms with Crippen molar-refractivity contribution in [2.45, 2.75) is 105 Å². The summed E-state index contributed by atoms with van der Waals surface area (Å²) >= 11 is 0. The molecule has 0 aromatic rings. The molecule has 0 saturated heterocycles. The monoisotopic (exact) mass is 394 g/mol. The summed E-state index contributed by atoms with van der Waals surface area (Å²) in [7, 11) is 0. The van der Waals surface area contributed by atoms with E-state index >= 15 is 0 Å². The van der Waals surface area contributed by atoms with E-state index in [1.54, 1.807) is 0 Å². The van der Waals surface area contributed by atoms with Gasteiger partial charge in [-0.15, -0.1) is 0 Å². The molecule has 6 atom stereocenters. The molecule has 162 valence electrons. The minimum Gasteiger partial charge on any atom is -0.462 e. The van der Waals surface area contributed by atoms with E-state index in [-0.39, 0.29) is 37.0 Å². The van der Waals surface area contributed by atoms with Crippen LogP contribution >= 0.6 is 0 Å². The Morgan fingerprint density at radius 1 is 0.714 bits per heavy atom. The summed E-state index contributed by atoms with van der Waals surface area (Å²) in [5.41, 5.74) is 0. The molecule has 0 N–H and O–H groups in total. The van der Waals surface area contributed by atoms with Crippen molar-refractivity contribution in [3.05, 3.63) is 0 Å². The first-order valence-electron chi connectivity index (χ1n) is 11.6. The van der Waals surface area contributed by atoms with Crippen LogP contribution < -0.4 is 0 Å². The van der Waals surface area contributed by atoms with E-state index in [9.17, 15) is 9.59 Å². The SMILES string of the molecule is CC(C)[C@@H]1CC[C@@H](C)C[C@H]1OC(=O)CCC(=O)O[C@@H]1C[C@H](C)CC[C@H]1C(C)C. The molecule has 2 aliphatic carbocycles. The zero-order valence-electron chi connectivity index (χ0n) is 18.9. The van der Waals surface area contributed by atoms with Crippen molar-refractivity contribution in [3.63, 3.8) is 0 Å². The zero-order chi connectivity index (χ0) is 20.8. The molecule has 0 amide bonds. The third-order valence-electron chi connectivity index (χ3n) is 7.02. The second-order valence-corrected chi connectivity index (χ2v) is 10.2. The normalized spacial score (nSPS) is 33.7. The first-order chi connectivity index (χ1) is 13.2. The van der Waals surface area contributed by atoms with Gasteiger partial charge in [-0.05, 0) is 61.2 Å². The van der Waals surface area contributed by atoms with Crippen molar-refractivity contribution >= 4 is 11.9 Å². The van der Waals surface area contributed by atoms with Gasteiger partial charge in [0.1, 0.15) is 12.2 Å². The van der Waals surface area contributed by atoms with Crippen molar-refractivity contribution in [1.82, 2.24) is 0 Å². The second-order valence-electron chi connectivity index (χ2n) is 10.2. The zero-order valence-corrected chi connectivity index (χ0v) is 18.9. The van der Waals surface area contributed by atoms with Gasteiger partial charge in [0.15, 0.2) is 0 Å². The quantitative estimate of drug-likeness (QED) is 0.514. The second kappa shape index (κ2) is 10.6. The molecule has 0 bridgehead atoms. The van der Waals surface area contributed by atoms with Gasteiger partial charge in [-0.2, -0.15) is 0 Å². The highest BCUT2D eigenvalue weighted by Gasteiger charge is 2.35. The Labute approximate surface area is 172 Å². The van der Waals surface area contributed by atoms with Gasteiger partial charge in [0, 0.05) is 0 Å². The van der Waals surface area contributed by atoms with Crippen molar-refractivity contribution in [2.24, 2.45) is 35.5 Å². The Bertz CT molecular complexity index is 467. The van der Waals surface area contributed by atoms with Gasteiger partial charge < -0.3 is 9.47 Å². The highest BCUT2D eigenvalue weighted by atomic mass is 16.6. The Morgan fingerprint density at radius 3 is 1.39 bits per heavy atom. The average molecular weight is 395 g/mol. The fourth-order valence-corrected chi connectivity index (χ4v) is 5.16. The lowest BCUT2D eigenvalue weighted by atomic mass is 9.75. The van der Waals surface area contributed by atoms with E-state index in [0.717, 1.165) is 25.7 Å². The summed E-state index contributed by atoms with van der Waals surface area (Å²) in [4.78, 5) is 24.8. The predicted molar refractivity (Wildman–Crippen MR) is 112 cm³/mol. The van der Waals surface area contributed by atoms with Crippen LogP contribution in [-0.2, 0) is 19.1 Å². The third-order valence-corrected chi connectivity index (χ3v) is 7.02. The summed E-state index contributed by atoms with van der Waals surface area (Å²) in [6.07, 6.45) is 6.79. The van der Waals surface area contributed by atoms with Crippen LogP contribution in [0, 0.1) is 35.5 Å². The van der Waals surface area contributed by atoms with Crippen molar-refractivity contribution < 1.29 is 19.1 Å². The van der Waals surface area contributed by atoms with Gasteiger partial charge >= 0.3 is 11.9 Å². The van der Waals surface area contributed by atoms with Gasteiger partial charge in [0.2, 0.25) is 0 Å². The van der Waals surface area contributed by atoms with Crippen molar-refractivity contribution in [2.75, 3.05) is 0 Å². The molecule has 4 heteroatoms. The molecular weight excluding hydrogens is 352 g/mol. The molecule has 0 unspecified atom stereocenters. The first kappa shape index (κ1) is 23.2. The van der Waals surface area contributed by atoms with E-state index in [1.165, 1.54) is 12.8 Å². The number of carbonyl (C=O) groups is 2. The molecule has 0 aromatic carbocycles. The first-order valence-corrected chi connectivity index (χ1v) is 11.6. The molecule has 2 saturated carbocycles. The molecular formula is C24H42O4. The lowest BCUT2D eigenvalue weighted by Gasteiger charge is -2.37.